The van der Waals surface area contributed by atoms with Crippen LogP contribution < -0.4 is 9.64 Å². The summed E-state index contributed by atoms with van der Waals surface area (Å²) in [5.74, 6) is 1.54. The number of amides is 2. The summed E-state index contributed by atoms with van der Waals surface area (Å²) in [6.45, 7) is 5.08. The number of nitrogens with zero attached hydrogens (tertiary/aromatic N) is 5. The van der Waals surface area contributed by atoms with Gasteiger partial charge in [-0.05, 0) is 55.0 Å². The summed E-state index contributed by atoms with van der Waals surface area (Å²) in [4.78, 5) is 31.3. The Morgan fingerprint density at radius 2 is 1.80 bits per heavy atom. The second kappa shape index (κ2) is 11.5. The van der Waals surface area contributed by atoms with Gasteiger partial charge in [-0.25, -0.2) is 0 Å². The number of hydrogen-bond donors (Lipinski definition) is 0. The lowest BCUT2D eigenvalue weighted by Gasteiger charge is -2.36. The van der Waals surface area contributed by atoms with E-state index in [0.717, 1.165) is 35.7 Å². The molecule has 0 radical (unpaired) electrons. The summed E-state index contributed by atoms with van der Waals surface area (Å²) in [6.07, 6.45) is 3.24. The Bertz CT molecular complexity index is 1090. The first-order valence-electron chi connectivity index (χ1n) is 11.9. The summed E-state index contributed by atoms with van der Waals surface area (Å²) in [6, 6.07) is 14.9. The van der Waals surface area contributed by atoms with Gasteiger partial charge in [0, 0.05) is 38.3 Å². The molecule has 0 aliphatic carbocycles. The second-order valence-electron chi connectivity index (χ2n) is 8.43. The number of methoxy groups -OCH3 is 1. The minimum atomic E-state index is -0.248. The molecule has 0 unspecified atom stereocenters. The first-order chi connectivity index (χ1) is 17.1. The van der Waals surface area contributed by atoms with Crippen molar-refractivity contribution in [2.24, 2.45) is 0 Å². The second-order valence-corrected chi connectivity index (χ2v) is 8.43. The predicted molar refractivity (Wildman–Crippen MR) is 132 cm³/mol. The van der Waals surface area contributed by atoms with Gasteiger partial charge in [0.25, 0.3) is 5.91 Å². The number of hydrogen-bond acceptors (Lipinski definition) is 7. The molecular formula is C26H31N5O4. The Morgan fingerprint density at radius 3 is 2.40 bits per heavy atom. The fraction of sp³-hybridized carbons (Fsp3) is 0.385. The van der Waals surface area contributed by atoms with E-state index in [0.29, 0.717) is 32.7 Å². The SMILES string of the molecule is CCCCN(CC(=O)N1CCN(c2ccc(-c3ccc(OC)cc3)nn2)CC1)C(=O)c1ccco1. The highest BCUT2D eigenvalue weighted by Gasteiger charge is 2.26. The average Bonchev–Trinajstić information content (AvgIpc) is 3.46. The van der Waals surface area contributed by atoms with E-state index in [1.807, 2.05) is 41.3 Å². The molecule has 1 fully saturated rings. The lowest BCUT2D eigenvalue weighted by molar-refractivity contribution is -0.132. The van der Waals surface area contributed by atoms with Crippen molar-refractivity contribution in [3.63, 3.8) is 0 Å². The normalized spacial score (nSPS) is 13.5. The number of carbonyl (C=O) groups is 2. The van der Waals surface area contributed by atoms with Gasteiger partial charge in [-0.15, -0.1) is 10.2 Å². The minimum absolute atomic E-state index is 0.0515. The predicted octanol–water partition coefficient (Wildman–Crippen LogP) is 3.34. The quantitative estimate of drug-likeness (QED) is 0.467. The molecule has 35 heavy (non-hydrogen) atoms. The highest BCUT2D eigenvalue weighted by atomic mass is 16.5. The molecule has 0 N–H and O–H groups in total. The number of rotatable bonds is 9. The van der Waals surface area contributed by atoms with Crippen LogP contribution in [0.25, 0.3) is 11.3 Å². The molecule has 9 nitrogen and oxygen atoms in total. The number of anilines is 1. The largest absolute Gasteiger partial charge is 0.497 e. The monoisotopic (exact) mass is 477 g/mol. The maximum atomic E-state index is 13.0. The van der Waals surface area contributed by atoms with E-state index < -0.39 is 0 Å². The van der Waals surface area contributed by atoms with Crippen LogP contribution >= 0.6 is 0 Å². The minimum Gasteiger partial charge on any atom is -0.497 e. The van der Waals surface area contributed by atoms with Gasteiger partial charge in [0.15, 0.2) is 11.6 Å². The zero-order chi connectivity index (χ0) is 24.6. The number of ether oxygens (including phenoxy) is 1. The Hall–Kier alpha value is -3.88. The number of unbranched alkanes of at least 4 members (excludes halogenated alkanes) is 1. The van der Waals surface area contributed by atoms with Crippen LogP contribution in [0.5, 0.6) is 5.75 Å². The molecule has 3 heterocycles. The average molecular weight is 478 g/mol. The first kappa shape index (κ1) is 24.3. The Morgan fingerprint density at radius 1 is 1.03 bits per heavy atom. The lowest BCUT2D eigenvalue weighted by Crippen LogP contribution is -2.52. The van der Waals surface area contributed by atoms with Crippen molar-refractivity contribution in [2.45, 2.75) is 19.8 Å². The zero-order valence-corrected chi connectivity index (χ0v) is 20.2. The van der Waals surface area contributed by atoms with Gasteiger partial charge in [0.05, 0.1) is 19.1 Å². The Labute approximate surface area is 205 Å². The molecule has 0 atom stereocenters. The van der Waals surface area contributed by atoms with Gasteiger partial charge < -0.3 is 23.9 Å². The number of furan rings is 1. The zero-order valence-electron chi connectivity index (χ0n) is 20.2. The number of aromatic nitrogens is 2. The molecule has 1 saturated heterocycles. The van der Waals surface area contributed by atoms with Crippen LogP contribution in [-0.4, -0.2) is 78.2 Å². The summed E-state index contributed by atoms with van der Waals surface area (Å²) < 4.78 is 10.5. The molecule has 1 aliphatic rings. The molecule has 184 valence electrons. The molecule has 1 aliphatic heterocycles. The molecule has 0 saturated carbocycles. The summed E-state index contributed by atoms with van der Waals surface area (Å²) in [5, 5.41) is 8.78. The maximum Gasteiger partial charge on any atom is 0.290 e. The van der Waals surface area contributed by atoms with Crippen molar-refractivity contribution >= 4 is 17.6 Å². The molecule has 9 heteroatoms. The molecular weight excluding hydrogens is 446 g/mol. The van der Waals surface area contributed by atoms with Crippen LogP contribution in [-0.2, 0) is 4.79 Å². The van der Waals surface area contributed by atoms with Crippen molar-refractivity contribution in [3.8, 4) is 17.0 Å². The maximum absolute atomic E-state index is 13.0. The van der Waals surface area contributed by atoms with Crippen molar-refractivity contribution < 1.29 is 18.7 Å². The van der Waals surface area contributed by atoms with E-state index in [4.69, 9.17) is 9.15 Å². The van der Waals surface area contributed by atoms with E-state index in [1.54, 1.807) is 24.1 Å². The van der Waals surface area contributed by atoms with E-state index in [1.165, 1.54) is 6.26 Å². The van der Waals surface area contributed by atoms with Crippen molar-refractivity contribution in [3.05, 3.63) is 60.6 Å². The third-order valence-electron chi connectivity index (χ3n) is 6.12. The fourth-order valence-electron chi connectivity index (χ4n) is 4.02. The fourth-order valence-corrected chi connectivity index (χ4v) is 4.02. The van der Waals surface area contributed by atoms with Crippen LogP contribution in [0.4, 0.5) is 5.82 Å². The van der Waals surface area contributed by atoms with E-state index >= 15 is 0 Å². The van der Waals surface area contributed by atoms with Gasteiger partial charge in [0.1, 0.15) is 12.3 Å². The standard InChI is InChI=1S/C26H31N5O4/c1-3-4-13-31(26(33)23-6-5-18-35-23)19-25(32)30-16-14-29(15-17-30)24-12-11-22(27-28-24)20-7-9-21(34-2)10-8-20/h5-12,18H,3-4,13-17,19H2,1-2H3. The highest BCUT2D eigenvalue weighted by molar-refractivity contribution is 5.94. The molecule has 0 spiro atoms. The Kier molecular flexibility index (Phi) is 7.97. The molecule has 2 amide bonds. The van der Waals surface area contributed by atoms with Crippen molar-refractivity contribution in [1.82, 2.24) is 20.0 Å². The van der Waals surface area contributed by atoms with Gasteiger partial charge in [-0.3, -0.25) is 9.59 Å². The van der Waals surface area contributed by atoms with Crippen molar-refractivity contribution in [1.29, 1.82) is 0 Å². The van der Waals surface area contributed by atoms with E-state index in [-0.39, 0.29) is 24.1 Å². The molecule has 2 aromatic heterocycles. The van der Waals surface area contributed by atoms with E-state index in [9.17, 15) is 9.59 Å². The van der Waals surface area contributed by atoms with E-state index in [2.05, 4.69) is 22.0 Å². The number of carbonyl (C=O) groups excluding carboxylic acids is 2. The van der Waals surface area contributed by atoms with Crippen LogP contribution in [0.3, 0.4) is 0 Å². The van der Waals surface area contributed by atoms with Crippen LogP contribution in [0, 0.1) is 0 Å². The van der Waals surface area contributed by atoms with Crippen molar-refractivity contribution in [2.75, 3.05) is 51.3 Å². The van der Waals surface area contributed by atoms with Gasteiger partial charge >= 0.3 is 0 Å². The molecule has 0 bridgehead atoms. The van der Waals surface area contributed by atoms with Gasteiger partial charge in [-0.2, -0.15) is 0 Å². The molecule has 4 rings (SSSR count). The lowest BCUT2D eigenvalue weighted by atomic mass is 10.1. The van der Waals surface area contributed by atoms with Crippen LogP contribution in [0.1, 0.15) is 30.3 Å². The van der Waals surface area contributed by atoms with Gasteiger partial charge in [-0.1, -0.05) is 13.3 Å². The third kappa shape index (κ3) is 5.98. The summed E-state index contributed by atoms with van der Waals surface area (Å²) in [7, 11) is 1.64. The molecule has 1 aromatic carbocycles. The third-order valence-corrected chi connectivity index (χ3v) is 6.12. The van der Waals surface area contributed by atoms with Gasteiger partial charge in [0.2, 0.25) is 5.91 Å². The first-order valence-corrected chi connectivity index (χ1v) is 11.9. The van der Waals surface area contributed by atoms with Crippen LogP contribution in [0.2, 0.25) is 0 Å². The van der Waals surface area contributed by atoms with Crippen LogP contribution in [0.15, 0.2) is 59.2 Å². The summed E-state index contributed by atoms with van der Waals surface area (Å²) >= 11 is 0. The molecule has 3 aromatic rings. The Balaban J connectivity index is 1.32. The highest BCUT2D eigenvalue weighted by Crippen LogP contribution is 2.22. The summed E-state index contributed by atoms with van der Waals surface area (Å²) in [5.41, 5.74) is 1.76. The topological polar surface area (TPSA) is 92.0 Å². The smallest absolute Gasteiger partial charge is 0.290 e. The number of piperazine rings is 1. The number of benzene rings is 1.